The first-order valence-corrected chi connectivity index (χ1v) is 5.95. The molecule has 0 aliphatic heterocycles. The van der Waals surface area contributed by atoms with Gasteiger partial charge in [-0.25, -0.2) is 9.78 Å². The summed E-state index contributed by atoms with van der Waals surface area (Å²) in [6.07, 6.45) is 0.725. The maximum atomic E-state index is 10.8. The topological polar surface area (TPSA) is 82.5 Å². The quantitative estimate of drug-likeness (QED) is 0.681. The summed E-state index contributed by atoms with van der Waals surface area (Å²) in [7, 11) is 0. The van der Waals surface area contributed by atoms with Gasteiger partial charge in [-0.05, 0) is 24.0 Å². The second kappa shape index (κ2) is 6.47. The van der Waals surface area contributed by atoms with Crippen LogP contribution >= 0.6 is 0 Å². The molecule has 0 radical (unpaired) electrons. The predicted octanol–water partition coefficient (Wildman–Crippen LogP) is 1.28. The van der Waals surface area contributed by atoms with Gasteiger partial charge in [-0.3, -0.25) is 0 Å². The van der Waals surface area contributed by atoms with Crippen LogP contribution in [-0.2, 0) is 6.54 Å². The SMILES string of the molecule is CC(C)(CCO)CNCc1cccc(C(=O)O)n1. The van der Waals surface area contributed by atoms with Crippen LogP contribution in [0, 0.1) is 5.41 Å². The number of nitrogens with one attached hydrogen (secondary N) is 1. The highest BCUT2D eigenvalue weighted by molar-refractivity contribution is 5.85. The number of carboxylic acid groups (broad SMARTS) is 1. The fourth-order valence-corrected chi connectivity index (χ4v) is 1.62. The molecule has 1 aromatic rings. The Morgan fingerprint density at radius 1 is 1.44 bits per heavy atom. The van der Waals surface area contributed by atoms with Crippen LogP contribution in [0.1, 0.15) is 36.5 Å². The molecule has 0 saturated heterocycles. The number of carboxylic acids is 1. The number of hydrogen-bond acceptors (Lipinski definition) is 4. The Morgan fingerprint density at radius 2 is 2.17 bits per heavy atom. The lowest BCUT2D eigenvalue weighted by Crippen LogP contribution is -2.30. The number of aromatic nitrogens is 1. The van der Waals surface area contributed by atoms with E-state index >= 15 is 0 Å². The first-order chi connectivity index (χ1) is 8.44. The molecule has 0 amide bonds. The van der Waals surface area contributed by atoms with Gasteiger partial charge in [0.25, 0.3) is 0 Å². The number of nitrogens with zero attached hydrogens (tertiary/aromatic N) is 1. The molecule has 0 aliphatic rings. The maximum absolute atomic E-state index is 10.8. The highest BCUT2D eigenvalue weighted by Crippen LogP contribution is 2.18. The van der Waals surface area contributed by atoms with Crippen molar-refractivity contribution in [2.24, 2.45) is 5.41 Å². The molecule has 1 heterocycles. The van der Waals surface area contributed by atoms with Crippen molar-refractivity contribution in [3.63, 3.8) is 0 Å². The minimum Gasteiger partial charge on any atom is -0.477 e. The van der Waals surface area contributed by atoms with Gasteiger partial charge in [0, 0.05) is 19.7 Å². The first-order valence-electron chi connectivity index (χ1n) is 5.95. The Kier molecular flexibility index (Phi) is 5.25. The van der Waals surface area contributed by atoms with Crippen molar-refractivity contribution in [2.75, 3.05) is 13.2 Å². The molecule has 0 atom stereocenters. The van der Waals surface area contributed by atoms with Gasteiger partial charge in [0.1, 0.15) is 5.69 Å². The van der Waals surface area contributed by atoms with Gasteiger partial charge < -0.3 is 15.5 Å². The molecule has 0 aliphatic carbocycles. The summed E-state index contributed by atoms with van der Waals surface area (Å²) in [5.74, 6) is -1.02. The summed E-state index contributed by atoms with van der Waals surface area (Å²) < 4.78 is 0. The van der Waals surface area contributed by atoms with Gasteiger partial charge >= 0.3 is 5.97 Å². The Hall–Kier alpha value is -1.46. The molecular formula is C13H20N2O3. The van der Waals surface area contributed by atoms with Crippen LogP contribution in [-0.4, -0.2) is 34.3 Å². The average Bonchev–Trinajstić information content (AvgIpc) is 2.29. The van der Waals surface area contributed by atoms with E-state index in [2.05, 4.69) is 24.1 Å². The number of hydrogen-bond donors (Lipinski definition) is 3. The van der Waals surface area contributed by atoms with Gasteiger partial charge in [0.05, 0.1) is 5.69 Å². The van der Waals surface area contributed by atoms with Crippen molar-refractivity contribution in [1.82, 2.24) is 10.3 Å². The van der Waals surface area contributed by atoms with E-state index < -0.39 is 5.97 Å². The molecule has 100 valence electrons. The second-order valence-corrected chi connectivity index (χ2v) is 5.06. The maximum Gasteiger partial charge on any atom is 0.354 e. The van der Waals surface area contributed by atoms with Crippen molar-refractivity contribution in [2.45, 2.75) is 26.8 Å². The molecule has 0 saturated carbocycles. The monoisotopic (exact) mass is 252 g/mol. The third-order valence-electron chi connectivity index (χ3n) is 2.72. The third-order valence-corrected chi connectivity index (χ3v) is 2.72. The molecule has 18 heavy (non-hydrogen) atoms. The molecule has 0 aromatic carbocycles. The normalized spacial score (nSPS) is 11.5. The van der Waals surface area contributed by atoms with E-state index in [1.807, 2.05) is 0 Å². The summed E-state index contributed by atoms with van der Waals surface area (Å²) in [6, 6.07) is 4.95. The van der Waals surface area contributed by atoms with Crippen LogP contribution in [0.15, 0.2) is 18.2 Å². The molecule has 0 unspecified atom stereocenters. The second-order valence-electron chi connectivity index (χ2n) is 5.06. The summed E-state index contributed by atoms with van der Waals surface area (Å²) in [5.41, 5.74) is 0.776. The summed E-state index contributed by atoms with van der Waals surface area (Å²) in [6.45, 7) is 5.57. The number of aliphatic hydroxyl groups excluding tert-OH is 1. The molecule has 5 heteroatoms. The van der Waals surface area contributed by atoms with E-state index in [9.17, 15) is 4.79 Å². The largest absolute Gasteiger partial charge is 0.477 e. The molecule has 1 aromatic heterocycles. The number of carbonyl (C=O) groups is 1. The highest BCUT2D eigenvalue weighted by atomic mass is 16.4. The minimum absolute atomic E-state index is 0.0131. The van der Waals surface area contributed by atoms with Crippen LogP contribution in [0.4, 0.5) is 0 Å². The Bertz CT molecular complexity index is 405. The fraction of sp³-hybridized carbons (Fsp3) is 0.538. The summed E-state index contributed by atoms with van der Waals surface area (Å²) in [4.78, 5) is 14.8. The lowest BCUT2D eigenvalue weighted by molar-refractivity contribution is 0.0690. The van der Waals surface area contributed by atoms with E-state index in [0.29, 0.717) is 12.2 Å². The van der Waals surface area contributed by atoms with Crippen LogP contribution in [0.3, 0.4) is 0 Å². The van der Waals surface area contributed by atoms with Crippen molar-refractivity contribution in [3.05, 3.63) is 29.6 Å². The standard InChI is InChI=1S/C13H20N2O3/c1-13(2,6-7-16)9-14-8-10-4-3-5-11(15-10)12(17)18/h3-5,14,16H,6-9H2,1-2H3,(H,17,18). The Labute approximate surface area is 107 Å². The zero-order chi connectivity index (χ0) is 13.6. The van der Waals surface area contributed by atoms with E-state index in [1.54, 1.807) is 12.1 Å². The van der Waals surface area contributed by atoms with Crippen molar-refractivity contribution in [3.8, 4) is 0 Å². The molecule has 0 spiro atoms. The van der Waals surface area contributed by atoms with Crippen molar-refractivity contribution < 1.29 is 15.0 Å². The van der Waals surface area contributed by atoms with Crippen LogP contribution in [0.25, 0.3) is 0 Å². The van der Waals surface area contributed by atoms with Gasteiger partial charge in [-0.1, -0.05) is 19.9 Å². The predicted molar refractivity (Wildman–Crippen MR) is 68.4 cm³/mol. The lowest BCUT2D eigenvalue weighted by atomic mass is 9.90. The van der Waals surface area contributed by atoms with E-state index in [4.69, 9.17) is 10.2 Å². The van der Waals surface area contributed by atoms with Crippen LogP contribution in [0.5, 0.6) is 0 Å². The first kappa shape index (κ1) is 14.6. The van der Waals surface area contributed by atoms with Crippen LogP contribution in [0.2, 0.25) is 0 Å². The molecular weight excluding hydrogens is 232 g/mol. The third kappa shape index (κ3) is 4.81. The Balaban J connectivity index is 2.49. The van der Waals surface area contributed by atoms with Crippen LogP contribution < -0.4 is 5.32 Å². The van der Waals surface area contributed by atoms with E-state index in [-0.39, 0.29) is 17.7 Å². The number of aliphatic hydroxyl groups is 1. The number of aromatic carboxylic acids is 1. The summed E-state index contributed by atoms with van der Waals surface area (Å²) >= 11 is 0. The smallest absolute Gasteiger partial charge is 0.354 e. The molecule has 5 nitrogen and oxygen atoms in total. The number of pyridine rings is 1. The van der Waals surface area contributed by atoms with E-state index in [0.717, 1.165) is 13.0 Å². The van der Waals surface area contributed by atoms with Gasteiger partial charge in [0.15, 0.2) is 0 Å². The fourth-order valence-electron chi connectivity index (χ4n) is 1.62. The zero-order valence-corrected chi connectivity index (χ0v) is 10.8. The van der Waals surface area contributed by atoms with Gasteiger partial charge in [0.2, 0.25) is 0 Å². The van der Waals surface area contributed by atoms with Gasteiger partial charge in [-0.15, -0.1) is 0 Å². The van der Waals surface area contributed by atoms with Crippen molar-refractivity contribution in [1.29, 1.82) is 0 Å². The molecule has 3 N–H and O–H groups in total. The highest BCUT2D eigenvalue weighted by Gasteiger charge is 2.16. The Morgan fingerprint density at radius 3 is 2.78 bits per heavy atom. The van der Waals surface area contributed by atoms with Crippen molar-refractivity contribution >= 4 is 5.97 Å². The molecule has 0 bridgehead atoms. The van der Waals surface area contributed by atoms with E-state index in [1.165, 1.54) is 6.07 Å². The molecule has 0 fully saturated rings. The van der Waals surface area contributed by atoms with Gasteiger partial charge in [-0.2, -0.15) is 0 Å². The minimum atomic E-state index is -1.02. The summed E-state index contributed by atoms with van der Waals surface area (Å²) in [5, 5.41) is 21.0. The molecule has 1 rings (SSSR count). The lowest BCUT2D eigenvalue weighted by Gasteiger charge is -2.23. The zero-order valence-electron chi connectivity index (χ0n) is 10.8. The average molecular weight is 252 g/mol. The number of rotatable bonds is 7.